The SMILES string of the molecule is CNc1cc(C(=O)NC(C)c2ncc(C)s2)c(Cl)cn1. The molecule has 0 saturated heterocycles. The van der Waals surface area contributed by atoms with Gasteiger partial charge in [0.1, 0.15) is 10.8 Å². The molecule has 0 bridgehead atoms. The van der Waals surface area contributed by atoms with Gasteiger partial charge in [0.25, 0.3) is 5.91 Å². The number of nitrogens with one attached hydrogen (secondary N) is 2. The maximum Gasteiger partial charge on any atom is 0.253 e. The van der Waals surface area contributed by atoms with Crippen molar-refractivity contribution in [3.8, 4) is 0 Å². The highest BCUT2D eigenvalue weighted by atomic mass is 35.5. The first-order valence-electron chi connectivity index (χ1n) is 6.07. The van der Waals surface area contributed by atoms with E-state index in [-0.39, 0.29) is 11.9 Å². The van der Waals surface area contributed by atoms with Crippen LogP contribution >= 0.6 is 22.9 Å². The Morgan fingerprint density at radius 2 is 2.15 bits per heavy atom. The Kier molecular flexibility index (Phi) is 4.57. The minimum Gasteiger partial charge on any atom is -0.373 e. The molecule has 1 unspecified atom stereocenters. The summed E-state index contributed by atoms with van der Waals surface area (Å²) in [6, 6.07) is 1.46. The van der Waals surface area contributed by atoms with Gasteiger partial charge in [0.2, 0.25) is 0 Å². The van der Waals surface area contributed by atoms with E-state index in [1.54, 1.807) is 30.6 Å². The zero-order chi connectivity index (χ0) is 14.7. The molecule has 106 valence electrons. The summed E-state index contributed by atoms with van der Waals surface area (Å²) in [7, 11) is 1.74. The van der Waals surface area contributed by atoms with Gasteiger partial charge in [-0.1, -0.05) is 11.6 Å². The van der Waals surface area contributed by atoms with Crippen molar-refractivity contribution in [1.29, 1.82) is 0 Å². The van der Waals surface area contributed by atoms with Crippen LogP contribution in [0.3, 0.4) is 0 Å². The molecule has 2 rings (SSSR count). The van der Waals surface area contributed by atoms with Crippen LogP contribution in [0.4, 0.5) is 5.82 Å². The molecule has 0 aliphatic carbocycles. The van der Waals surface area contributed by atoms with E-state index in [2.05, 4.69) is 20.6 Å². The molecule has 0 aliphatic rings. The maximum atomic E-state index is 12.2. The predicted molar refractivity (Wildman–Crippen MR) is 81.5 cm³/mol. The van der Waals surface area contributed by atoms with Crippen LogP contribution in [0.1, 0.15) is 33.2 Å². The van der Waals surface area contributed by atoms with E-state index in [0.29, 0.717) is 16.4 Å². The van der Waals surface area contributed by atoms with Gasteiger partial charge in [0, 0.05) is 24.3 Å². The normalized spacial score (nSPS) is 12.0. The Morgan fingerprint density at radius 3 is 2.75 bits per heavy atom. The summed E-state index contributed by atoms with van der Waals surface area (Å²) in [5.41, 5.74) is 0.395. The third-order valence-corrected chi connectivity index (χ3v) is 4.11. The number of aromatic nitrogens is 2. The number of halogens is 1. The van der Waals surface area contributed by atoms with Gasteiger partial charge in [-0.15, -0.1) is 11.3 Å². The van der Waals surface area contributed by atoms with Crippen LogP contribution in [0.25, 0.3) is 0 Å². The first-order chi connectivity index (χ1) is 9.51. The fraction of sp³-hybridized carbons (Fsp3) is 0.308. The lowest BCUT2D eigenvalue weighted by molar-refractivity contribution is 0.0940. The number of anilines is 1. The fourth-order valence-corrected chi connectivity index (χ4v) is 2.62. The third-order valence-electron chi connectivity index (χ3n) is 2.71. The molecule has 0 radical (unpaired) electrons. The first-order valence-corrected chi connectivity index (χ1v) is 7.27. The molecule has 0 saturated carbocycles. The van der Waals surface area contributed by atoms with Gasteiger partial charge in [0.05, 0.1) is 16.6 Å². The second kappa shape index (κ2) is 6.19. The standard InChI is InChI=1S/C13H15ClN4OS/c1-7-5-17-13(20-7)8(2)18-12(19)9-4-11(15-3)16-6-10(9)14/h4-6,8H,1-3H3,(H,15,16)(H,18,19). The number of carbonyl (C=O) groups excluding carboxylic acids is 1. The number of nitrogens with zero attached hydrogens (tertiary/aromatic N) is 2. The van der Waals surface area contributed by atoms with Crippen LogP contribution < -0.4 is 10.6 Å². The molecule has 2 aromatic rings. The monoisotopic (exact) mass is 310 g/mol. The highest BCUT2D eigenvalue weighted by Gasteiger charge is 2.17. The predicted octanol–water partition coefficient (Wildman–Crippen LogP) is 3.03. The van der Waals surface area contributed by atoms with E-state index >= 15 is 0 Å². The highest BCUT2D eigenvalue weighted by molar-refractivity contribution is 7.11. The first kappa shape index (κ1) is 14.7. The van der Waals surface area contributed by atoms with Crippen molar-refractivity contribution in [2.24, 2.45) is 0 Å². The van der Waals surface area contributed by atoms with E-state index in [9.17, 15) is 4.79 Å². The lowest BCUT2D eigenvalue weighted by atomic mass is 10.2. The Bertz CT molecular complexity index is 629. The van der Waals surface area contributed by atoms with Crippen molar-refractivity contribution in [2.75, 3.05) is 12.4 Å². The van der Waals surface area contributed by atoms with Gasteiger partial charge in [-0.3, -0.25) is 4.79 Å². The van der Waals surface area contributed by atoms with Crippen molar-refractivity contribution in [1.82, 2.24) is 15.3 Å². The van der Waals surface area contributed by atoms with E-state index in [1.807, 2.05) is 13.8 Å². The van der Waals surface area contributed by atoms with Gasteiger partial charge in [-0.2, -0.15) is 0 Å². The van der Waals surface area contributed by atoms with Gasteiger partial charge in [-0.05, 0) is 19.9 Å². The molecule has 2 aromatic heterocycles. The van der Waals surface area contributed by atoms with Crippen molar-refractivity contribution < 1.29 is 4.79 Å². The number of aryl methyl sites for hydroxylation is 1. The number of rotatable bonds is 4. The Hall–Kier alpha value is -1.66. The van der Waals surface area contributed by atoms with Crippen molar-refractivity contribution in [2.45, 2.75) is 19.9 Å². The number of carbonyl (C=O) groups is 1. The number of amides is 1. The molecule has 5 nitrogen and oxygen atoms in total. The van der Waals surface area contributed by atoms with Crippen LogP contribution in [0.15, 0.2) is 18.5 Å². The van der Waals surface area contributed by atoms with Gasteiger partial charge in [-0.25, -0.2) is 9.97 Å². The molecule has 1 amide bonds. The van der Waals surface area contributed by atoms with Crippen molar-refractivity contribution >= 4 is 34.7 Å². The van der Waals surface area contributed by atoms with Crippen LogP contribution in [0, 0.1) is 6.92 Å². The molecule has 1 atom stereocenters. The van der Waals surface area contributed by atoms with Gasteiger partial charge in [0.15, 0.2) is 0 Å². The quantitative estimate of drug-likeness (QED) is 0.911. The van der Waals surface area contributed by atoms with E-state index in [0.717, 1.165) is 9.88 Å². The van der Waals surface area contributed by atoms with Crippen molar-refractivity contribution in [3.63, 3.8) is 0 Å². The molecular formula is C13H15ClN4OS. The van der Waals surface area contributed by atoms with E-state index in [1.165, 1.54) is 6.20 Å². The minimum absolute atomic E-state index is 0.163. The summed E-state index contributed by atoms with van der Waals surface area (Å²) in [4.78, 5) is 21.7. The van der Waals surface area contributed by atoms with Crippen molar-refractivity contribution in [3.05, 3.63) is 38.9 Å². The zero-order valence-electron chi connectivity index (χ0n) is 11.4. The third kappa shape index (κ3) is 3.26. The second-order valence-electron chi connectivity index (χ2n) is 4.30. The number of hydrogen-bond acceptors (Lipinski definition) is 5. The number of pyridine rings is 1. The molecule has 0 aliphatic heterocycles. The molecule has 7 heteroatoms. The number of hydrogen-bond donors (Lipinski definition) is 2. The fourth-order valence-electron chi connectivity index (χ4n) is 1.66. The zero-order valence-corrected chi connectivity index (χ0v) is 13.0. The summed E-state index contributed by atoms with van der Waals surface area (Å²) in [6.07, 6.45) is 3.25. The topological polar surface area (TPSA) is 66.9 Å². The summed E-state index contributed by atoms with van der Waals surface area (Å²) in [6.45, 7) is 3.87. The average Bonchev–Trinajstić information content (AvgIpc) is 2.86. The summed E-state index contributed by atoms with van der Waals surface area (Å²) >= 11 is 7.58. The molecular weight excluding hydrogens is 296 g/mol. The Balaban J connectivity index is 2.15. The lowest BCUT2D eigenvalue weighted by Gasteiger charge is -2.12. The largest absolute Gasteiger partial charge is 0.373 e. The molecule has 0 fully saturated rings. The van der Waals surface area contributed by atoms with Crippen LogP contribution in [0.5, 0.6) is 0 Å². The molecule has 0 aromatic carbocycles. The smallest absolute Gasteiger partial charge is 0.253 e. The summed E-state index contributed by atoms with van der Waals surface area (Å²) in [5.74, 6) is 0.353. The molecule has 20 heavy (non-hydrogen) atoms. The summed E-state index contributed by atoms with van der Waals surface area (Å²) in [5, 5.41) is 6.96. The van der Waals surface area contributed by atoms with Gasteiger partial charge < -0.3 is 10.6 Å². The Labute approximate surface area is 126 Å². The van der Waals surface area contributed by atoms with Crippen LogP contribution in [-0.4, -0.2) is 22.9 Å². The lowest BCUT2D eigenvalue weighted by Crippen LogP contribution is -2.27. The van der Waals surface area contributed by atoms with Gasteiger partial charge >= 0.3 is 0 Å². The number of thiazole rings is 1. The highest BCUT2D eigenvalue weighted by Crippen LogP contribution is 2.22. The second-order valence-corrected chi connectivity index (χ2v) is 5.98. The van der Waals surface area contributed by atoms with Crippen LogP contribution in [0.2, 0.25) is 5.02 Å². The molecule has 0 spiro atoms. The minimum atomic E-state index is -0.241. The van der Waals surface area contributed by atoms with E-state index < -0.39 is 0 Å². The maximum absolute atomic E-state index is 12.2. The Morgan fingerprint density at radius 1 is 1.40 bits per heavy atom. The molecule has 2 heterocycles. The van der Waals surface area contributed by atoms with E-state index in [4.69, 9.17) is 11.6 Å². The molecule has 2 N–H and O–H groups in total. The summed E-state index contributed by atoms with van der Waals surface area (Å²) < 4.78 is 0. The average molecular weight is 311 g/mol. The van der Waals surface area contributed by atoms with Crippen LogP contribution in [-0.2, 0) is 0 Å².